The number of hydrogen-bond donors (Lipinski definition) is 1. The predicted octanol–water partition coefficient (Wildman–Crippen LogP) is 4.26. The van der Waals surface area contributed by atoms with Crippen LogP contribution in [-0.2, 0) is 19.6 Å². The van der Waals surface area contributed by atoms with Gasteiger partial charge in [0.15, 0.2) is 5.78 Å². The average Bonchev–Trinajstić information content (AvgIpc) is 2.96. The fourth-order valence-corrected chi connectivity index (χ4v) is 5.87. The Morgan fingerprint density at radius 3 is 2.09 bits per heavy atom. The minimum atomic E-state index is -5.43. The van der Waals surface area contributed by atoms with Crippen LogP contribution in [0.25, 0.3) is 0 Å². The minimum absolute atomic E-state index is 0.0151. The first-order chi connectivity index (χ1) is 15.7. The zero-order valence-corrected chi connectivity index (χ0v) is 19.5. The maximum absolute atomic E-state index is 14.8. The van der Waals surface area contributed by atoms with E-state index in [2.05, 4.69) is 0 Å². The second kappa shape index (κ2) is 7.78. The number of ketones is 1. The van der Waals surface area contributed by atoms with E-state index in [0.717, 1.165) is 17.0 Å². The molecule has 1 atom stereocenters. The molecule has 1 aliphatic carbocycles. The number of para-hydroxylation sites is 1. The maximum Gasteiger partial charge on any atom is 0.421 e. The number of amides is 1. The van der Waals surface area contributed by atoms with Crippen molar-refractivity contribution in [3.8, 4) is 0 Å². The van der Waals surface area contributed by atoms with Gasteiger partial charge in [0.1, 0.15) is 0 Å². The molecule has 0 bridgehead atoms. The van der Waals surface area contributed by atoms with Crippen molar-refractivity contribution in [2.24, 2.45) is 5.41 Å². The molecule has 0 spiro atoms. The van der Waals surface area contributed by atoms with Crippen LogP contribution in [0.15, 0.2) is 70.8 Å². The molecule has 1 unspecified atom stereocenters. The number of anilines is 1. The van der Waals surface area contributed by atoms with Crippen LogP contribution in [0.3, 0.4) is 0 Å². The van der Waals surface area contributed by atoms with E-state index in [1.807, 2.05) is 0 Å². The molecule has 10 heteroatoms. The molecule has 180 valence electrons. The van der Waals surface area contributed by atoms with Crippen molar-refractivity contribution in [1.82, 2.24) is 4.72 Å². The van der Waals surface area contributed by atoms with Crippen molar-refractivity contribution in [2.75, 3.05) is 4.90 Å². The Bertz CT molecular complexity index is 1300. The van der Waals surface area contributed by atoms with Gasteiger partial charge in [0.05, 0.1) is 10.5 Å². The third-order valence-electron chi connectivity index (χ3n) is 6.08. The summed E-state index contributed by atoms with van der Waals surface area (Å²) in [7, 11) is -4.85. The SMILES string of the molecule is Cc1ccc(S(=O)(=O)NC2(C(F)(F)F)C(=O)N(c3ccccc3)C3=C2C(=O)CC(C)(C)C3)cc1. The van der Waals surface area contributed by atoms with Gasteiger partial charge in [0.2, 0.25) is 15.6 Å². The van der Waals surface area contributed by atoms with Gasteiger partial charge in [-0.05, 0) is 43.0 Å². The van der Waals surface area contributed by atoms with E-state index in [0.29, 0.717) is 5.56 Å². The zero-order chi connectivity index (χ0) is 25.1. The summed E-state index contributed by atoms with van der Waals surface area (Å²) in [6.45, 7) is 5.12. The molecule has 0 fully saturated rings. The van der Waals surface area contributed by atoms with E-state index < -0.39 is 49.3 Å². The number of nitrogens with zero attached hydrogens (tertiary/aromatic N) is 1. The topological polar surface area (TPSA) is 83.6 Å². The number of Topliss-reactive ketones (excluding diaryl/α,β-unsaturated/α-hetero) is 1. The molecule has 2 aromatic carbocycles. The second-order valence-corrected chi connectivity index (χ2v) is 11.1. The lowest BCUT2D eigenvalue weighted by Gasteiger charge is -2.35. The van der Waals surface area contributed by atoms with Gasteiger partial charge < -0.3 is 0 Å². The average molecular weight is 493 g/mol. The van der Waals surface area contributed by atoms with Gasteiger partial charge in [-0.15, -0.1) is 0 Å². The third kappa shape index (κ3) is 3.74. The highest BCUT2D eigenvalue weighted by molar-refractivity contribution is 7.89. The highest BCUT2D eigenvalue weighted by Crippen LogP contribution is 2.53. The summed E-state index contributed by atoms with van der Waals surface area (Å²) >= 11 is 0. The van der Waals surface area contributed by atoms with E-state index in [9.17, 15) is 31.2 Å². The van der Waals surface area contributed by atoms with Crippen LogP contribution in [0.2, 0.25) is 0 Å². The highest BCUT2D eigenvalue weighted by atomic mass is 32.2. The van der Waals surface area contributed by atoms with Crippen molar-refractivity contribution in [3.63, 3.8) is 0 Å². The van der Waals surface area contributed by atoms with Crippen molar-refractivity contribution >= 4 is 27.4 Å². The molecule has 6 nitrogen and oxygen atoms in total. The van der Waals surface area contributed by atoms with Gasteiger partial charge in [-0.3, -0.25) is 14.5 Å². The number of halogens is 3. The van der Waals surface area contributed by atoms with Crippen LogP contribution in [0, 0.1) is 12.3 Å². The Hall–Kier alpha value is -2.98. The van der Waals surface area contributed by atoms with Crippen molar-refractivity contribution in [2.45, 2.75) is 50.2 Å². The van der Waals surface area contributed by atoms with Crippen molar-refractivity contribution in [3.05, 3.63) is 71.4 Å². The molecule has 0 radical (unpaired) electrons. The fraction of sp³-hybridized carbons (Fsp3) is 0.333. The predicted molar refractivity (Wildman–Crippen MR) is 119 cm³/mol. The van der Waals surface area contributed by atoms with Crippen molar-refractivity contribution < 1.29 is 31.2 Å². The number of hydrogen-bond acceptors (Lipinski definition) is 4. The van der Waals surface area contributed by atoms with Crippen molar-refractivity contribution in [1.29, 1.82) is 0 Å². The molecule has 1 heterocycles. The van der Waals surface area contributed by atoms with Gasteiger partial charge >= 0.3 is 6.18 Å². The van der Waals surface area contributed by atoms with Gasteiger partial charge in [-0.1, -0.05) is 49.7 Å². The largest absolute Gasteiger partial charge is 0.421 e. The number of rotatable bonds is 4. The summed E-state index contributed by atoms with van der Waals surface area (Å²) in [6, 6.07) is 12.8. The quantitative estimate of drug-likeness (QED) is 0.691. The van der Waals surface area contributed by atoms with Gasteiger partial charge in [-0.2, -0.15) is 17.9 Å². The second-order valence-electron chi connectivity index (χ2n) is 9.41. The molecule has 1 amide bonds. The van der Waals surface area contributed by atoms with E-state index in [4.69, 9.17) is 0 Å². The standard InChI is InChI=1S/C24H23F3N2O4S/c1-15-9-11-17(12-10-15)34(32,33)28-23(24(25,26)27)20-18(13-22(2,3)14-19(20)30)29(21(23)31)16-7-5-4-6-8-16/h4-12,28H,13-14H2,1-3H3. The molecular weight excluding hydrogens is 469 g/mol. The Kier molecular flexibility index (Phi) is 5.52. The monoisotopic (exact) mass is 492 g/mol. The Balaban J connectivity index is 1.98. The molecule has 4 rings (SSSR count). The zero-order valence-electron chi connectivity index (χ0n) is 18.7. The first-order valence-electron chi connectivity index (χ1n) is 10.5. The summed E-state index contributed by atoms with van der Waals surface area (Å²) in [5.41, 5.74) is -4.64. The number of nitrogens with one attached hydrogen (secondary N) is 1. The van der Waals surface area contributed by atoms with Crippen LogP contribution in [-0.4, -0.2) is 31.8 Å². The lowest BCUT2D eigenvalue weighted by Crippen LogP contribution is -2.66. The number of benzene rings is 2. The van der Waals surface area contributed by atoms with Gasteiger partial charge in [0, 0.05) is 17.8 Å². The lowest BCUT2D eigenvalue weighted by atomic mass is 9.72. The van der Waals surface area contributed by atoms with E-state index in [1.165, 1.54) is 24.3 Å². The molecule has 0 aromatic heterocycles. The Labute approximate surface area is 195 Å². The lowest BCUT2D eigenvalue weighted by molar-refractivity contribution is -0.184. The molecule has 2 aliphatic rings. The number of carbonyl (C=O) groups excluding carboxylic acids is 2. The summed E-state index contributed by atoms with van der Waals surface area (Å²) in [6.07, 6.45) is -5.70. The van der Waals surface area contributed by atoms with E-state index in [-0.39, 0.29) is 24.2 Å². The first-order valence-corrected chi connectivity index (χ1v) is 12.0. The molecule has 2 aromatic rings. The number of sulfonamides is 1. The first kappa shape index (κ1) is 24.2. The summed E-state index contributed by atoms with van der Waals surface area (Å²) in [5.74, 6) is -2.49. The molecule has 1 aliphatic heterocycles. The van der Waals surface area contributed by atoms with Crippen LogP contribution in [0.5, 0.6) is 0 Å². The smallest absolute Gasteiger partial charge is 0.294 e. The maximum atomic E-state index is 14.8. The third-order valence-corrected chi connectivity index (χ3v) is 7.55. The minimum Gasteiger partial charge on any atom is -0.294 e. The molecule has 34 heavy (non-hydrogen) atoms. The number of aryl methyl sites for hydroxylation is 1. The fourth-order valence-electron chi connectivity index (χ4n) is 4.55. The Morgan fingerprint density at radius 1 is 0.941 bits per heavy atom. The van der Waals surface area contributed by atoms with Crippen LogP contribution >= 0.6 is 0 Å². The summed E-state index contributed by atoms with van der Waals surface area (Å²) < 4.78 is 72.4. The number of carbonyl (C=O) groups is 2. The molecular formula is C24H23F3N2O4S. The molecule has 0 saturated heterocycles. The number of alkyl halides is 3. The van der Waals surface area contributed by atoms with Crippen LogP contribution < -0.4 is 9.62 Å². The van der Waals surface area contributed by atoms with E-state index in [1.54, 1.807) is 43.7 Å². The molecule has 1 N–H and O–H groups in total. The van der Waals surface area contributed by atoms with Crippen LogP contribution in [0.4, 0.5) is 18.9 Å². The number of allylic oxidation sites excluding steroid dienone is 1. The van der Waals surface area contributed by atoms with E-state index >= 15 is 0 Å². The van der Waals surface area contributed by atoms with Crippen LogP contribution in [0.1, 0.15) is 32.3 Å². The summed E-state index contributed by atoms with van der Waals surface area (Å²) in [5, 5.41) is 0. The Morgan fingerprint density at radius 2 is 1.53 bits per heavy atom. The highest BCUT2D eigenvalue weighted by Gasteiger charge is 2.72. The van der Waals surface area contributed by atoms with Gasteiger partial charge in [-0.25, -0.2) is 8.42 Å². The summed E-state index contributed by atoms with van der Waals surface area (Å²) in [4.78, 5) is 27.2. The van der Waals surface area contributed by atoms with Gasteiger partial charge in [0.25, 0.3) is 5.91 Å². The molecule has 0 saturated carbocycles. The normalized spacial score (nSPS) is 22.8.